The number of fused-ring (bicyclic) bond motifs is 2. The molecular weight excluding hydrogens is 106 g/mol. The highest BCUT2D eigenvalue weighted by atomic mass is 32.2. The average Bonchev–Trinajstić information content (AvgIpc) is 2.22. The first-order chi connectivity index (χ1) is 3.45. The second-order valence-corrected chi connectivity index (χ2v) is 3.63. The predicted molar refractivity (Wildman–Crippen MR) is 32.7 cm³/mol. The second kappa shape index (κ2) is 1.39. The van der Waals surface area contributed by atoms with Crippen molar-refractivity contribution in [2.45, 2.75) is 17.7 Å². The van der Waals surface area contributed by atoms with Gasteiger partial charge in [-0.2, -0.15) is 11.8 Å². The Balaban J connectivity index is 2.12. The molecule has 40 valence electrons. The molecule has 2 unspecified atom stereocenters. The maximum absolute atomic E-state index is 3.44. The van der Waals surface area contributed by atoms with Gasteiger partial charge in [-0.15, -0.1) is 0 Å². The molecule has 0 aromatic heterocycles. The highest BCUT2D eigenvalue weighted by Crippen LogP contribution is 2.30. The zero-order valence-electron chi connectivity index (χ0n) is 4.18. The molecule has 2 fully saturated rings. The van der Waals surface area contributed by atoms with Crippen molar-refractivity contribution in [1.82, 2.24) is 5.32 Å². The van der Waals surface area contributed by atoms with Crippen molar-refractivity contribution < 1.29 is 0 Å². The Kier molecular flexibility index (Phi) is 0.837. The van der Waals surface area contributed by atoms with Gasteiger partial charge < -0.3 is 5.32 Å². The molecule has 2 rings (SSSR count). The quantitative estimate of drug-likeness (QED) is 0.492. The van der Waals surface area contributed by atoms with Crippen molar-refractivity contribution >= 4 is 11.8 Å². The molecule has 0 aromatic rings. The van der Waals surface area contributed by atoms with Crippen LogP contribution in [0.5, 0.6) is 0 Å². The smallest absolute Gasteiger partial charge is 0.0188 e. The summed E-state index contributed by atoms with van der Waals surface area (Å²) in [4.78, 5) is 0. The van der Waals surface area contributed by atoms with Crippen molar-refractivity contribution in [1.29, 1.82) is 0 Å². The van der Waals surface area contributed by atoms with Gasteiger partial charge in [0, 0.05) is 23.6 Å². The maximum atomic E-state index is 3.44. The summed E-state index contributed by atoms with van der Waals surface area (Å²) in [6.07, 6.45) is 1.44. The summed E-state index contributed by atoms with van der Waals surface area (Å²) in [5.41, 5.74) is 0. The van der Waals surface area contributed by atoms with Crippen LogP contribution >= 0.6 is 11.8 Å². The molecular formula is C5H9NS. The molecule has 0 aromatic carbocycles. The van der Waals surface area contributed by atoms with E-state index in [-0.39, 0.29) is 0 Å². The summed E-state index contributed by atoms with van der Waals surface area (Å²) in [6.45, 7) is 1.27. The van der Waals surface area contributed by atoms with Gasteiger partial charge >= 0.3 is 0 Å². The van der Waals surface area contributed by atoms with Crippen LogP contribution in [0.4, 0.5) is 0 Å². The second-order valence-electron chi connectivity index (χ2n) is 2.30. The summed E-state index contributed by atoms with van der Waals surface area (Å²) in [5, 5.41) is 4.41. The molecule has 2 aliphatic rings. The van der Waals surface area contributed by atoms with E-state index in [4.69, 9.17) is 0 Å². The Bertz CT molecular complexity index is 66.1. The minimum atomic E-state index is 0.884. The number of hydrogen-bond acceptors (Lipinski definition) is 2. The largest absolute Gasteiger partial charge is 0.312 e. The molecule has 0 amide bonds. The molecule has 2 saturated heterocycles. The summed E-state index contributed by atoms with van der Waals surface area (Å²) in [5.74, 6) is 1.37. The van der Waals surface area contributed by atoms with Crippen LogP contribution in [0, 0.1) is 0 Å². The van der Waals surface area contributed by atoms with E-state index in [9.17, 15) is 0 Å². The highest BCUT2D eigenvalue weighted by molar-refractivity contribution is 8.00. The molecule has 0 radical (unpaired) electrons. The fraction of sp³-hybridized carbons (Fsp3) is 1.00. The zero-order valence-corrected chi connectivity index (χ0v) is 5.00. The Morgan fingerprint density at radius 1 is 1.57 bits per heavy atom. The number of hydrogen-bond donors (Lipinski definition) is 1. The summed E-state index contributed by atoms with van der Waals surface area (Å²) >= 11 is 2.13. The van der Waals surface area contributed by atoms with E-state index in [1.165, 1.54) is 18.7 Å². The molecule has 2 atom stereocenters. The average molecular weight is 115 g/mol. The van der Waals surface area contributed by atoms with Gasteiger partial charge in [-0.05, 0) is 6.42 Å². The van der Waals surface area contributed by atoms with Crippen LogP contribution in [0.2, 0.25) is 0 Å². The van der Waals surface area contributed by atoms with E-state index >= 15 is 0 Å². The number of rotatable bonds is 0. The van der Waals surface area contributed by atoms with Crippen molar-refractivity contribution in [2.75, 3.05) is 12.3 Å². The van der Waals surface area contributed by atoms with Crippen molar-refractivity contribution in [2.24, 2.45) is 0 Å². The van der Waals surface area contributed by atoms with Crippen LogP contribution in [0.15, 0.2) is 0 Å². The molecule has 7 heavy (non-hydrogen) atoms. The molecule has 0 spiro atoms. The third-order valence-corrected chi connectivity index (χ3v) is 3.14. The van der Waals surface area contributed by atoms with Crippen molar-refractivity contribution in [3.05, 3.63) is 0 Å². The predicted octanol–water partition coefficient (Wildman–Crippen LogP) is 0.464. The van der Waals surface area contributed by atoms with E-state index < -0.39 is 0 Å². The summed E-state index contributed by atoms with van der Waals surface area (Å²) in [6, 6.07) is 0.884. The van der Waals surface area contributed by atoms with Crippen LogP contribution in [-0.2, 0) is 0 Å². The van der Waals surface area contributed by atoms with Crippen LogP contribution < -0.4 is 5.32 Å². The zero-order chi connectivity index (χ0) is 4.69. The van der Waals surface area contributed by atoms with Crippen molar-refractivity contribution in [3.63, 3.8) is 0 Å². The maximum Gasteiger partial charge on any atom is 0.0188 e. The van der Waals surface area contributed by atoms with E-state index in [2.05, 4.69) is 17.1 Å². The SMILES string of the molecule is C1SC2CNC1C2. The number of thioether (sulfide) groups is 1. The van der Waals surface area contributed by atoms with E-state index in [1.807, 2.05) is 0 Å². The first kappa shape index (κ1) is 4.21. The Hall–Kier alpha value is 0.310. The monoisotopic (exact) mass is 115 g/mol. The fourth-order valence-electron chi connectivity index (χ4n) is 1.29. The van der Waals surface area contributed by atoms with Gasteiger partial charge in [0.25, 0.3) is 0 Å². The van der Waals surface area contributed by atoms with Gasteiger partial charge in [0.15, 0.2) is 0 Å². The van der Waals surface area contributed by atoms with Crippen LogP contribution in [0.25, 0.3) is 0 Å². The van der Waals surface area contributed by atoms with Crippen molar-refractivity contribution in [3.8, 4) is 0 Å². The molecule has 2 aliphatic heterocycles. The lowest BCUT2D eigenvalue weighted by molar-refractivity contribution is 0.679. The third-order valence-electron chi connectivity index (χ3n) is 1.71. The third kappa shape index (κ3) is 0.572. The summed E-state index contributed by atoms with van der Waals surface area (Å²) < 4.78 is 0. The van der Waals surface area contributed by atoms with Gasteiger partial charge in [-0.25, -0.2) is 0 Å². The molecule has 2 heterocycles. The lowest BCUT2D eigenvalue weighted by Crippen LogP contribution is -2.26. The summed E-state index contributed by atoms with van der Waals surface area (Å²) in [7, 11) is 0. The Morgan fingerprint density at radius 3 is 2.71 bits per heavy atom. The lowest BCUT2D eigenvalue weighted by atomic mass is 10.3. The molecule has 0 aliphatic carbocycles. The van der Waals surface area contributed by atoms with Crippen LogP contribution in [-0.4, -0.2) is 23.6 Å². The standard InChI is InChI=1S/C5H9NS/c1-4-3-7-5(1)2-6-4/h4-6H,1-3H2. The Labute approximate surface area is 47.9 Å². The van der Waals surface area contributed by atoms with Gasteiger partial charge in [-0.3, -0.25) is 0 Å². The first-order valence-corrected chi connectivity index (χ1v) is 3.85. The van der Waals surface area contributed by atoms with Gasteiger partial charge in [0.1, 0.15) is 0 Å². The van der Waals surface area contributed by atoms with E-state index in [0.29, 0.717) is 0 Å². The fourth-order valence-corrected chi connectivity index (χ4v) is 2.63. The van der Waals surface area contributed by atoms with E-state index in [1.54, 1.807) is 0 Å². The van der Waals surface area contributed by atoms with Gasteiger partial charge in [-0.1, -0.05) is 0 Å². The topological polar surface area (TPSA) is 12.0 Å². The van der Waals surface area contributed by atoms with Crippen LogP contribution in [0.3, 0.4) is 0 Å². The first-order valence-electron chi connectivity index (χ1n) is 2.80. The highest BCUT2D eigenvalue weighted by Gasteiger charge is 2.30. The Morgan fingerprint density at radius 2 is 2.57 bits per heavy atom. The minimum Gasteiger partial charge on any atom is -0.312 e. The normalized spacial score (nSPS) is 48.0. The molecule has 0 saturated carbocycles. The number of nitrogens with one attached hydrogen (secondary N) is 1. The van der Waals surface area contributed by atoms with E-state index in [0.717, 1.165) is 11.3 Å². The molecule has 2 heteroatoms. The molecule has 1 nitrogen and oxygen atoms in total. The minimum absolute atomic E-state index is 0.884. The van der Waals surface area contributed by atoms with Gasteiger partial charge in [0.2, 0.25) is 0 Å². The molecule has 1 N–H and O–H groups in total. The van der Waals surface area contributed by atoms with Gasteiger partial charge in [0.05, 0.1) is 0 Å². The molecule has 2 bridgehead atoms. The lowest BCUT2D eigenvalue weighted by Gasteiger charge is -2.08. The van der Waals surface area contributed by atoms with Crippen LogP contribution in [0.1, 0.15) is 6.42 Å².